The SMILES string of the molecule is Cc1ccc(CN(C(=O)c2sc3cc(C)ccc3c2Cl)C2CCS(=O)(=O)C2)cc1. The van der Waals surface area contributed by atoms with Crippen LogP contribution in [0.15, 0.2) is 42.5 Å². The molecule has 1 unspecified atom stereocenters. The largest absolute Gasteiger partial charge is 0.330 e. The summed E-state index contributed by atoms with van der Waals surface area (Å²) in [5.74, 6) is -0.0718. The lowest BCUT2D eigenvalue weighted by molar-refractivity contribution is 0.0686. The summed E-state index contributed by atoms with van der Waals surface area (Å²) < 4.78 is 25.1. The number of halogens is 1. The minimum atomic E-state index is -3.12. The Morgan fingerprint density at radius 3 is 2.48 bits per heavy atom. The van der Waals surface area contributed by atoms with Crippen LogP contribution in [0.1, 0.15) is 32.8 Å². The zero-order chi connectivity index (χ0) is 20.8. The maximum absolute atomic E-state index is 13.5. The predicted molar refractivity (Wildman–Crippen MR) is 120 cm³/mol. The molecular weight excluding hydrogens is 426 g/mol. The molecule has 0 radical (unpaired) electrons. The van der Waals surface area contributed by atoms with E-state index < -0.39 is 9.84 Å². The highest BCUT2D eigenvalue weighted by Crippen LogP contribution is 2.37. The minimum absolute atomic E-state index is 0.00617. The molecule has 1 aliphatic heterocycles. The van der Waals surface area contributed by atoms with Crippen molar-refractivity contribution in [2.45, 2.75) is 32.9 Å². The van der Waals surface area contributed by atoms with Crippen molar-refractivity contribution in [1.29, 1.82) is 0 Å². The average Bonchev–Trinajstić information content (AvgIpc) is 3.19. The molecule has 4 nitrogen and oxygen atoms in total. The molecule has 3 aromatic rings. The predicted octanol–water partition coefficient (Wildman–Crippen LogP) is 5.00. The maximum Gasteiger partial charge on any atom is 0.266 e. The highest BCUT2D eigenvalue weighted by atomic mass is 35.5. The summed E-state index contributed by atoms with van der Waals surface area (Å²) in [5, 5.41) is 1.31. The van der Waals surface area contributed by atoms with Gasteiger partial charge < -0.3 is 4.90 Å². The van der Waals surface area contributed by atoms with Crippen molar-refractivity contribution in [3.8, 4) is 0 Å². The second-order valence-electron chi connectivity index (χ2n) is 7.72. The molecule has 0 spiro atoms. The zero-order valence-corrected chi connectivity index (χ0v) is 18.7. The zero-order valence-electron chi connectivity index (χ0n) is 16.3. The number of hydrogen-bond donors (Lipinski definition) is 0. The van der Waals surface area contributed by atoms with Gasteiger partial charge in [0, 0.05) is 22.7 Å². The summed E-state index contributed by atoms with van der Waals surface area (Å²) in [6.45, 7) is 4.37. The monoisotopic (exact) mass is 447 g/mol. The first-order chi connectivity index (χ1) is 13.7. The number of thiophene rings is 1. The molecule has 152 valence electrons. The average molecular weight is 448 g/mol. The van der Waals surface area contributed by atoms with Gasteiger partial charge in [0.1, 0.15) is 4.88 Å². The number of fused-ring (bicyclic) bond motifs is 1. The maximum atomic E-state index is 13.5. The van der Waals surface area contributed by atoms with E-state index in [2.05, 4.69) is 0 Å². The number of sulfone groups is 1. The van der Waals surface area contributed by atoms with Crippen LogP contribution in [0.2, 0.25) is 5.02 Å². The molecule has 1 atom stereocenters. The van der Waals surface area contributed by atoms with Crippen LogP contribution in [-0.4, -0.2) is 36.8 Å². The number of amides is 1. The van der Waals surface area contributed by atoms with Crippen LogP contribution in [0.3, 0.4) is 0 Å². The van der Waals surface area contributed by atoms with Gasteiger partial charge >= 0.3 is 0 Å². The Morgan fingerprint density at radius 1 is 1.14 bits per heavy atom. The van der Waals surface area contributed by atoms with Crippen molar-refractivity contribution in [2.24, 2.45) is 0 Å². The fraction of sp³-hybridized carbons (Fsp3) is 0.318. The van der Waals surface area contributed by atoms with E-state index >= 15 is 0 Å². The van der Waals surface area contributed by atoms with Gasteiger partial charge in [-0.1, -0.05) is 53.6 Å². The van der Waals surface area contributed by atoms with Gasteiger partial charge in [0.2, 0.25) is 0 Å². The third-order valence-corrected chi connectivity index (χ3v) is 8.76. The topological polar surface area (TPSA) is 54.5 Å². The second kappa shape index (κ2) is 7.74. The number of rotatable bonds is 4. The van der Waals surface area contributed by atoms with Crippen LogP contribution < -0.4 is 0 Å². The summed E-state index contributed by atoms with van der Waals surface area (Å²) in [4.78, 5) is 15.7. The number of nitrogens with zero attached hydrogens (tertiary/aromatic N) is 1. The Labute approximate surface area is 180 Å². The van der Waals surface area contributed by atoms with Crippen molar-refractivity contribution < 1.29 is 13.2 Å². The molecule has 2 aromatic carbocycles. The van der Waals surface area contributed by atoms with Gasteiger partial charge in [-0.05, 0) is 37.5 Å². The lowest BCUT2D eigenvalue weighted by Crippen LogP contribution is -2.40. The molecule has 7 heteroatoms. The quantitative estimate of drug-likeness (QED) is 0.565. The van der Waals surface area contributed by atoms with E-state index in [4.69, 9.17) is 11.6 Å². The van der Waals surface area contributed by atoms with E-state index in [-0.39, 0.29) is 23.5 Å². The van der Waals surface area contributed by atoms with Crippen molar-refractivity contribution >= 4 is 48.8 Å². The smallest absolute Gasteiger partial charge is 0.266 e. The van der Waals surface area contributed by atoms with Crippen LogP contribution in [-0.2, 0) is 16.4 Å². The van der Waals surface area contributed by atoms with Crippen LogP contribution in [0.5, 0.6) is 0 Å². The lowest BCUT2D eigenvalue weighted by atomic mass is 10.1. The fourth-order valence-corrected chi connectivity index (χ4v) is 7.02. The standard InChI is InChI=1S/C22H22ClNO3S2/c1-14-3-6-16(7-4-14)12-24(17-9-10-29(26,27)13-17)22(25)21-20(23)18-8-5-15(2)11-19(18)28-21/h3-8,11,17H,9-10,12-13H2,1-2H3. The van der Waals surface area contributed by atoms with Crippen molar-refractivity contribution in [1.82, 2.24) is 4.90 Å². The van der Waals surface area contributed by atoms with Crippen molar-refractivity contribution in [3.63, 3.8) is 0 Å². The molecule has 1 fully saturated rings. The first-order valence-corrected chi connectivity index (χ1v) is 12.5. The molecule has 1 aliphatic rings. The van der Waals surface area contributed by atoms with Gasteiger partial charge in [-0.25, -0.2) is 8.42 Å². The summed E-state index contributed by atoms with van der Waals surface area (Å²) in [7, 11) is -3.12. The Morgan fingerprint density at radius 2 is 1.83 bits per heavy atom. The summed E-state index contributed by atoms with van der Waals surface area (Å²) >= 11 is 7.95. The fourth-order valence-electron chi connectivity index (χ4n) is 3.72. The molecule has 4 rings (SSSR count). The molecule has 2 heterocycles. The van der Waals surface area contributed by atoms with Crippen LogP contribution in [0, 0.1) is 13.8 Å². The van der Waals surface area contributed by atoms with Crippen molar-refractivity contribution in [3.05, 3.63) is 69.1 Å². The Hall–Kier alpha value is -1.89. The Balaban J connectivity index is 1.73. The molecule has 0 aliphatic carbocycles. The van der Waals surface area contributed by atoms with Gasteiger partial charge in [-0.15, -0.1) is 11.3 Å². The Kier molecular flexibility index (Phi) is 5.44. The van der Waals surface area contributed by atoms with Crippen molar-refractivity contribution in [2.75, 3.05) is 11.5 Å². The van der Waals surface area contributed by atoms with Crippen LogP contribution >= 0.6 is 22.9 Å². The molecule has 0 saturated carbocycles. The van der Waals surface area contributed by atoms with Crippen LogP contribution in [0.25, 0.3) is 10.1 Å². The second-order valence-corrected chi connectivity index (χ2v) is 11.4. The number of carbonyl (C=O) groups is 1. The third-order valence-electron chi connectivity index (χ3n) is 5.36. The molecule has 0 bridgehead atoms. The Bertz CT molecular complexity index is 1180. The van der Waals surface area contributed by atoms with Gasteiger partial charge in [0.15, 0.2) is 9.84 Å². The van der Waals surface area contributed by atoms with E-state index in [1.807, 2.05) is 56.3 Å². The van der Waals surface area contributed by atoms with E-state index in [1.165, 1.54) is 11.3 Å². The molecular formula is C22H22ClNO3S2. The highest BCUT2D eigenvalue weighted by molar-refractivity contribution is 7.91. The summed E-state index contributed by atoms with van der Waals surface area (Å²) in [6, 6.07) is 13.6. The number of benzene rings is 2. The summed E-state index contributed by atoms with van der Waals surface area (Å²) in [6.07, 6.45) is 0.460. The first kappa shape index (κ1) is 20.4. The van der Waals surface area contributed by atoms with Gasteiger partial charge in [0.25, 0.3) is 5.91 Å². The normalized spacial score (nSPS) is 18.2. The van der Waals surface area contributed by atoms with E-state index in [0.717, 1.165) is 26.8 Å². The van der Waals surface area contributed by atoms with E-state index in [1.54, 1.807) is 4.90 Å². The molecule has 0 N–H and O–H groups in total. The number of carbonyl (C=O) groups excluding carboxylic acids is 1. The van der Waals surface area contributed by atoms with Gasteiger partial charge in [-0.3, -0.25) is 4.79 Å². The number of hydrogen-bond acceptors (Lipinski definition) is 4. The third kappa shape index (κ3) is 4.20. The highest BCUT2D eigenvalue weighted by Gasteiger charge is 2.36. The molecule has 29 heavy (non-hydrogen) atoms. The molecule has 1 amide bonds. The van der Waals surface area contributed by atoms with Gasteiger partial charge in [-0.2, -0.15) is 0 Å². The number of aryl methyl sites for hydroxylation is 2. The lowest BCUT2D eigenvalue weighted by Gasteiger charge is -2.28. The summed E-state index contributed by atoms with van der Waals surface area (Å²) in [5.41, 5.74) is 3.21. The van der Waals surface area contributed by atoms with Gasteiger partial charge in [0.05, 0.1) is 16.5 Å². The first-order valence-electron chi connectivity index (χ1n) is 9.49. The van der Waals surface area contributed by atoms with E-state index in [0.29, 0.717) is 22.9 Å². The minimum Gasteiger partial charge on any atom is -0.330 e. The molecule has 1 aromatic heterocycles. The van der Waals surface area contributed by atoms with E-state index in [9.17, 15) is 13.2 Å². The van der Waals surface area contributed by atoms with Crippen LogP contribution in [0.4, 0.5) is 0 Å². The molecule has 1 saturated heterocycles.